The third kappa shape index (κ3) is 3.02. The lowest BCUT2D eigenvalue weighted by atomic mass is 10.0. The van der Waals surface area contributed by atoms with Crippen molar-refractivity contribution in [1.29, 1.82) is 0 Å². The Hall–Kier alpha value is -1.79. The maximum atomic E-state index is 11.1. The van der Waals surface area contributed by atoms with Crippen molar-refractivity contribution in [2.45, 2.75) is 25.6 Å². The summed E-state index contributed by atoms with van der Waals surface area (Å²) in [5, 5.41) is 18.4. The zero-order chi connectivity index (χ0) is 14.9. The van der Waals surface area contributed by atoms with Gasteiger partial charge in [0.2, 0.25) is 0 Å². The van der Waals surface area contributed by atoms with Crippen LogP contribution in [0.1, 0.15) is 24.2 Å². The van der Waals surface area contributed by atoms with Crippen LogP contribution in [0.5, 0.6) is 0 Å². The molecule has 0 bridgehead atoms. The number of carboxylic acid groups (broad SMARTS) is 1. The topological polar surface area (TPSA) is 96.0 Å². The molecule has 2 rings (SSSR count). The number of carbonyl (C=O) groups is 1. The van der Waals surface area contributed by atoms with Crippen molar-refractivity contribution in [2.75, 3.05) is 30.3 Å². The average Bonchev–Trinajstić information content (AvgIpc) is 2.36. The van der Waals surface area contributed by atoms with E-state index in [0.29, 0.717) is 24.5 Å². The van der Waals surface area contributed by atoms with E-state index in [0.717, 1.165) is 0 Å². The smallest absolute Gasteiger partial charge is 0.335 e. The third-order valence-electron chi connectivity index (χ3n) is 3.30. The molecule has 4 N–H and O–H groups in total. The van der Waals surface area contributed by atoms with E-state index in [-0.39, 0.29) is 18.3 Å². The summed E-state index contributed by atoms with van der Waals surface area (Å²) in [5.41, 5.74) is 6.90. The van der Waals surface area contributed by atoms with Crippen LogP contribution in [0.3, 0.4) is 0 Å². The van der Waals surface area contributed by atoms with E-state index in [1.807, 2.05) is 18.7 Å². The first-order valence-electron chi connectivity index (χ1n) is 6.49. The monoisotopic (exact) mass is 280 g/mol. The van der Waals surface area contributed by atoms with Crippen LogP contribution in [0, 0.1) is 0 Å². The maximum absolute atomic E-state index is 11.1. The SMILES string of the molecule is CC1(C)CN(c2cc(C(=O)O)ccc2N)CC(CO)O1. The van der Waals surface area contributed by atoms with E-state index >= 15 is 0 Å². The predicted molar refractivity (Wildman–Crippen MR) is 76.1 cm³/mol. The van der Waals surface area contributed by atoms with E-state index in [9.17, 15) is 9.90 Å². The number of nitrogens with two attached hydrogens (primary N) is 1. The van der Waals surface area contributed by atoms with Crippen LogP contribution in [-0.4, -0.2) is 47.6 Å². The van der Waals surface area contributed by atoms with E-state index < -0.39 is 11.6 Å². The number of hydrogen-bond donors (Lipinski definition) is 3. The predicted octanol–water partition coefficient (Wildman–Crippen LogP) is 0.943. The summed E-state index contributed by atoms with van der Waals surface area (Å²) in [5.74, 6) is -0.988. The molecular formula is C14H20N2O4. The number of rotatable bonds is 3. The molecular weight excluding hydrogens is 260 g/mol. The number of nitrogens with zero attached hydrogens (tertiary/aromatic N) is 1. The van der Waals surface area contributed by atoms with Gasteiger partial charge in [-0.15, -0.1) is 0 Å². The highest BCUT2D eigenvalue weighted by Gasteiger charge is 2.34. The molecule has 0 amide bonds. The minimum atomic E-state index is -0.988. The van der Waals surface area contributed by atoms with Crippen LogP contribution in [0.4, 0.5) is 11.4 Å². The summed E-state index contributed by atoms with van der Waals surface area (Å²) in [6.07, 6.45) is -0.313. The largest absolute Gasteiger partial charge is 0.478 e. The molecule has 0 spiro atoms. The number of aliphatic hydroxyl groups is 1. The van der Waals surface area contributed by atoms with Crippen molar-refractivity contribution >= 4 is 17.3 Å². The summed E-state index contributed by atoms with van der Waals surface area (Å²) >= 11 is 0. The van der Waals surface area contributed by atoms with Crippen molar-refractivity contribution in [3.8, 4) is 0 Å². The second-order valence-electron chi connectivity index (χ2n) is 5.64. The summed E-state index contributed by atoms with van der Waals surface area (Å²) in [7, 11) is 0. The highest BCUT2D eigenvalue weighted by Crippen LogP contribution is 2.30. The molecule has 1 aromatic carbocycles. The average molecular weight is 280 g/mol. The van der Waals surface area contributed by atoms with Crippen molar-refractivity contribution in [3.63, 3.8) is 0 Å². The molecule has 6 nitrogen and oxygen atoms in total. The van der Waals surface area contributed by atoms with Crippen LogP contribution >= 0.6 is 0 Å². The van der Waals surface area contributed by atoms with E-state index in [2.05, 4.69) is 0 Å². The Balaban J connectivity index is 2.34. The van der Waals surface area contributed by atoms with Gasteiger partial charge < -0.3 is 25.6 Å². The Bertz CT molecular complexity index is 516. The van der Waals surface area contributed by atoms with Crippen molar-refractivity contribution in [1.82, 2.24) is 0 Å². The molecule has 0 aliphatic carbocycles. The molecule has 1 aliphatic rings. The Morgan fingerprint density at radius 1 is 1.55 bits per heavy atom. The summed E-state index contributed by atoms with van der Waals surface area (Å²) in [6.45, 7) is 4.83. The number of aromatic carboxylic acids is 1. The second kappa shape index (κ2) is 5.30. The number of ether oxygens (including phenoxy) is 1. The minimum absolute atomic E-state index is 0.0849. The van der Waals surface area contributed by atoms with E-state index in [1.165, 1.54) is 6.07 Å². The maximum Gasteiger partial charge on any atom is 0.335 e. The van der Waals surface area contributed by atoms with Crippen LogP contribution in [0.25, 0.3) is 0 Å². The molecule has 0 aromatic heterocycles. The van der Waals surface area contributed by atoms with Gasteiger partial charge in [0.15, 0.2) is 0 Å². The van der Waals surface area contributed by atoms with Gasteiger partial charge >= 0.3 is 5.97 Å². The van der Waals surface area contributed by atoms with Crippen molar-refractivity contribution < 1.29 is 19.7 Å². The van der Waals surface area contributed by atoms with Gasteiger partial charge in [-0.3, -0.25) is 0 Å². The fraction of sp³-hybridized carbons (Fsp3) is 0.500. The van der Waals surface area contributed by atoms with Gasteiger partial charge in [0.1, 0.15) is 0 Å². The first kappa shape index (κ1) is 14.6. The number of carboxylic acids is 1. The molecule has 20 heavy (non-hydrogen) atoms. The van der Waals surface area contributed by atoms with E-state index in [1.54, 1.807) is 12.1 Å². The molecule has 1 aliphatic heterocycles. The van der Waals surface area contributed by atoms with Gasteiger partial charge in [0, 0.05) is 13.1 Å². The standard InChI is InChI=1S/C14H20N2O4/c1-14(2)8-16(6-10(7-17)20-14)12-5-9(13(18)19)3-4-11(12)15/h3-5,10,17H,6-8,15H2,1-2H3,(H,18,19). The summed E-state index contributed by atoms with van der Waals surface area (Å²) < 4.78 is 5.74. The third-order valence-corrected chi connectivity index (χ3v) is 3.30. The lowest BCUT2D eigenvalue weighted by Crippen LogP contribution is -2.54. The van der Waals surface area contributed by atoms with Crippen LogP contribution in [-0.2, 0) is 4.74 Å². The quantitative estimate of drug-likeness (QED) is 0.713. The molecule has 0 saturated carbocycles. The molecule has 1 aromatic rings. The van der Waals surface area contributed by atoms with Crippen LogP contribution in [0.2, 0.25) is 0 Å². The van der Waals surface area contributed by atoms with Gasteiger partial charge in [0.05, 0.1) is 35.3 Å². The highest BCUT2D eigenvalue weighted by molar-refractivity contribution is 5.90. The van der Waals surface area contributed by atoms with Gasteiger partial charge in [-0.25, -0.2) is 4.79 Å². The fourth-order valence-corrected chi connectivity index (χ4v) is 2.52. The number of hydrogen-bond acceptors (Lipinski definition) is 5. The zero-order valence-electron chi connectivity index (χ0n) is 11.7. The molecule has 1 fully saturated rings. The number of nitrogen functional groups attached to an aromatic ring is 1. The van der Waals surface area contributed by atoms with Gasteiger partial charge in [0.25, 0.3) is 0 Å². The molecule has 6 heteroatoms. The van der Waals surface area contributed by atoms with Crippen LogP contribution in [0.15, 0.2) is 18.2 Å². The van der Waals surface area contributed by atoms with Gasteiger partial charge in [-0.1, -0.05) is 0 Å². The molecule has 1 unspecified atom stereocenters. The minimum Gasteiger partial charge on any atom is -0.478 e. The van der Waals surface area contributed by atoms with E-state index in [4.69, 9.17) is 15.6 Å². The second-order valence-corrected chi connectivity index (χ2v) is 5.64. The lowest BCUT2D eigenvalue weighted by Gasteiger charge is -2.43. The Morgan fingerprint density at radius 2 is 2.25 bits per heavy atom. The van der Waals surface area contributed by atoms with Crippen molar-refractivity contribution in [3.05, 3.63) is 23.8 Å². The fourth-order valence-electron chi connectivity index (χ4n) is 2.52. The first-order valence-corrected chi connectivity index (χ1v) is 6.49. The van der Waals surface area contributed by atoms with Crippen molar-refractivity contribution in [2.24, 2.45) is 0 Å². The van der Waals surface area contributed by atoms with Crippen LogP contribution < -0.4 is 10.6 Å². The lowest BCUT2D eigenvalue weighted by molar-refractivity contribution is -0.100. The molecule has 0 radical (unpaired) electrons. The normalized spacial score (nSPS) is 21.8. The summed E-state index contributed by atoms with van der Waals surface area (Å²) in [4.78, 5) is 13.0. The Labute approximate surface area is 117 Å². The first-order chi connectivity index (χ1) is 9.32. The summed E-state index contributed by atoms with van der Waals surface area (Å²) in [6, 6.07) is 4.64. The molecule has 1 heterocycles. The van der Waals surface area contributed by atoms with Gasteiger partial charge in [-0.05, 0) is 32.0 Å². The number of benzene rings is 1. The molecule has 110 valence electrons. The number of morpholine rings is 1. The Morgan fingerprint density at radius 3 is 2.85 bits per heavy atom. The Kier molecular flexibility index (Phi) is 3.87. The zero-order valence-corrected chi connectivity index (χ0v) is 11.7. The molecule has 1 atom stereocenters. The highest BCUT2D eigenvalue weighted by atomic mass is 16.5. The van der Waals surface area contributed by atoms with Gasteiger partial charge in [-0.2, -0.15) is 0 Å². The molecule has 1 saturated heterocycles. The number of aliphatic hydroxyl groups excluding tert-OH is 1. The number of anilines is 2.